The molecule has 1 unspecified atom stereocenters. The number of aryl methyl sites for hydroxylation is 1. The minimum atomic E-state index is -0.354. The lowest BCUT2D eigenvalue weighted by atomic mass is 10.2. The zero-order valence-electron chi connectivity index (χ0n) is 20.7. The van der Waals surface area contributed by atoms with Crippen molar-refractivity contribution in [1.29, 1.82) is 0 Å². The van der Waals surface area contributed by atoms with Gasteiger partial charge in [-0.05, 0) is 87.1 Å². The van der Waals surface area contributed by atoms with Crippen LogP contribution in [0.3, 0.4) is 0 Å². The second-order valence-electron chi connectivity index (χ2n) is 8.29. The average Bonchev–Trinajstić information content (AvgIpc) is 2.86. The van der Waals surface area contributed by atoms with Gasteiger partial charge in [0, 0.05) is 22.0 Å². The van der Waals surface area contributed by atoms with Crippen molar-refractivity contribution >= 4 is 58.0 Å². The van der Waals surface area contributed by atoms with Crippen LogP contribution >= 0.6 is 24.0 Å². The van der Waals surface area contributed by atoms with Crippen LogP contribution in [-0.2, 0) is 9.53 Å². The van der Waals surface area contributed by atoms with Crippen molar-refractivity contribution in [3.63, 3.8) is 0 Å². The number of rotatable bonds is 10. The van der Waals surface area contributed by atoms with Gasteiger partial charge < -0.3 is 20.7 Å². The monoisotopic (exact) mass is 521 g/mol. The molecule has 3 aromatic carbocycles. The number of carbonyl (C=O) groups excluding carboxylic acids is 2. The number of thioether (sulfide) groups is 1. The Morgan fingerprint density at radius 3 is 2.25 bits per heavy atom. The van der Waals surface area contributed by atoms with E-state index in [0.29, 0.717) is 23.0 Å². The van der Waals surface area contributed by atoms with Gasteiger partial charge in [0.2, 0.25) is 5.91 Å². The Morgan fingerprint density at radius 2 is 1.56 bits per heavy atom. The van der Waals surface area contributed by atoms with Gasteiger partial charge in [-0.25, -0.2) is 4.79 Å². The van der Waals surface area contributed by atoms with E-state index < -0.39 is 0 Å². The summed E-state index contributed by atoms with van der Waals surface area (Å²) in [5.41, 5.74) is 4.02. The summed E-state index contributed by atoms with van der Waals surface area (Å²) < 4.78 is 5.21. The molecule has 36 heavy (non-hydrogen) atoms. The fraction of sp³-hybridized carbons (Fsp3) is 0.250. The molecule has 188 valence electrons. The predicted molar refractivity (Wildman–Crippen MR) is 153 cm³/mol. The Hall–Kier alpha value is -3.36. The fourth-order valence-electron chi connectivity index (χ4n) is 3.16. The van der Waals surface area contributed by atoms with Crippen molar-refractivity contribution in [3.8, 4) is 0 Å². The molecule has 0 spiro atoms. The maximum Gasteiger partial charge on any atom is 0.338 e. The van der Waals surface area contributed by atoms with Crippen molar-refractivity contribution in [2.45, 2.75) is 43.8 Å². The molecule has 6 nitrogen and oxygen atoms in total. The summed E-state index contributed by atoms with van der Waals surface area (Å²) in [6.07, 6.45) is 1.80. The zero-order valence-corrected chi connectivity index (χ0v) is 22.3. The number of benzene rings is 3. The Bertz CT molecular complexity index is 1180. The Kier molecular flexibility index (Phi) is 10.3. The third-order valence-corrected chi connectivity index (χ3v) is 6.50. The van der Waals surface area contributed by atoms with Crippen molar-refractivity contribution in [2.24, 2.45) is 0 Å². The van der Waals surface area contributed by atoms with Gasteiger partial charge in [-0.15, -0.1) is 11.8 Å². The molecule has 3 aromatic rings. The first-order valence-corrected chi connectivity index (χ1v) is 13.1. The van der Waals surface area contributed by atoms with E-state index in [1.807, 2.05) is 69.3 Å². The number of esters is 1. The summed E-state index contributed by atoms with van der Waals surface area (Å²) in [6.45, 7) is 6.34. The number of anilines is 3. The Balaban J connectivity index is 1.51. The maximum atomic E-state index is 12.7. The van der Waals surface area contributed by atoms with Crippen LogP contribution in [0.25, 0.3) is 0 Å². The van der Waals surface area contributed by atoms with Crippen molar-refractivity contribution < 1.29 is 14.3 Å². The van der Waals surface area contributed by atoms with Crippen LogP contribution in [0.5, 0.6) is 0 Å². The molecule has 0 saturated carbocycles. The summed E-state index contributed by atoms with van der Waals surface area (Å²) in [5.74, 6) is -0.486. The van der Waals surface area contributed by atoms with E-state index in [4.69, 9.17) is 17.0 Å². The second kappa shape index (κ2) is 13.7. The molecular formula is C28H31N3O3S2. The van der Waals surface area contributed by atoms with Crippen LogP contribution in [0.4, 0.5) is 17.1 Å². The van der Waals surface area contributed by atoms with Crippen molar-refractivity contribution in [3.05, 3.63) is 83.9 Å². The number of ether oxygens (including phenoxy) is 1. The first kappa shape index (κ1) is 27.2. The number of nitrogens with one attached hydrogen (secondary N) is 3. The smallest absolute Gasteiger partial charge is 0.338 e. The first-order chi connectivity index (χ1) is 17.3. The van der Waals surface area contributed by atoms with Crippen LogP contribution in [0.15, 0.2) is 77.7 Å². The van der Waals surface area contributed by atoms with E-state index in [-0.39, 0.29) is 17.1 Å². The topological polar surface area (TPSA) is 79.5 Å². The molecule has 0 bridgehead atoms. The van der Waals surface area contributed by atoms with Gasteiger partial charge in [-0.3, -0.25) is 4.79 Å². The lowest BCUT2D eigenvalue weighted by Gasteiger charge is -2.14. The van der Waals surface area contributed by atoms with Gasteiger partial charge >= 0.3 is 5.97 Å². The molecule has 0 radical (unpaired) electrons. The maximum absolute atomic E-state index is 12.7. The molecule has 8 heteroatoms. The number of unbranched alkanes of at least 4 members (excludes halogenated alkanes) is 1. The molecule has 1 amide bonds. The summed E-state index contributed by atoms with van der Waals surface area (Å²) >= 11 is 6.87. The minimum absolute atomic E-state index is 0.131. The molecule has 0 fully saturated rings. The summed E-state index contributed by atoms with van der Waals surface area (Å²) in [5, 5.41) is 9.41. The molecule has 0 aromatic heterocycles. The number of hydrogen-bond acceptors (Lipinski definition) is 5. The number of amides is 1. The van der Waals surface area contributed by atoms with Crippen LogP contribution in [-0.4, -0.2) is 28.8 Å². The highest BCUT2D eigenvalue weighted by Crippen LogP contribution is 2.27. The van der Waals surface area contributed by atoms with E-state index >= 15 is 0 Å². The third kappa shape index (κ3) is 8.70. The van der Waals surface area contributed by atoms with E-state index in [9.17, 15) is 9.59 Å². The first-order valence-electron chi connectivity index (χ1n) is 11.8. The molecule has 3 rings (SSSR count). The van der Waals surface area contributed by atoms with Gasteiger partial charge in [0.15, 0.2) is 5.11 Å². The van der Waals surface area contributed by atoms with E-state index in [1.54, 1.807) is 24.3 Å². The van der Waals surface area contributed by atoms with Gasteiger partial charge in [-0.1, -0.05) is 37.1 Å². The molecule has 1 atom stereocenters. The van der Waals surface area contributed by atoms with Crippen molar-refractivity contribution in [2.75, 3.05) is 22.6 Å². The van der Waals surface area contributed by atoms with Crippen molar-refractivity contribution in [1.82, 2.24) is 0 Å². The predicted octanol–water partition coefficient (Wildman–Crippen LogP) is 6.88. The molecule has 0 aliphatic carbocycles. The van der Waals surface area contributed by atoms with E-state index in [0.717, 1.165) is 29.1 Å². The lowest BCUT2D eigenvalue weighted by molar-refractivity contribution is -0.115. The summed E-state index contributed by atoms with van der Waals surface area (Å²) in [4.78, 5) is 25.7. The summed E-state index contributed by atoms with van der Waals surface area (Å²) in [6, 6.07) is 22.5. The minimum Gasteiger partial charge on any atom is -0.462 e. The van der Waals surface area contributed by atoms with Gasteiger partial charge in [0.05, 0.1) is 17.4 Å². The Labute approximate surface area is 222 Å². The summed E-state index contributed by atoms with van der Waals surface area (Å²) in [7, 11) is 0. The molecule has 0 aliphatic rings. The fourth-order valence-corrected chi connectivity index (χ4v) is 4.32. The quantitative estimate of drug-likeness (QED) is 0.116. The van der Waals surface area contributed by atoms with Gasteiger partial charge in [0.1, 0.15) is 0 Å². The highest BCUT2D eigenvalue weighted by molar-refractivity contribution is 8.00. The number of carbonyl (C=O) groups is 2. The molecular weight excluding hydrogens is 490 g/mol. The standard InChI is InChI=1S/C28H31N3O3S2/c1-4-5-17-34-27(33)21-11-15-22(16-12-21)29-26(32)20(3)36-25-8-6-7-24(18-25)31-28(35)30-23-13-9-19(2)10-14-23/h6-16,18,20H,4-5,17H2,1-3H3,(H,29,32)(H2,30,31,35). The largest absolute Gasteiger partial charge is 0.462 e. The highest BCUT2D eigenvalue weighted by Gasteiger charge is 2.15. The SMILES string of the molecule is CCCCOC(=O)c1ccc(NC(=O)C(C)Sc2cccc(NC(=S)Nc3ccc(C)cc3)c2)cc1. The zero-order chi connectivity index (χ0) is 25.9. The van der Waals surface area contributed by atoms with E-state index in [1.165, 1.54) is 17.3 Å². The Morgan fingerprint density at radius 1 is 0.917 bits per heavy atom. The number of thiocarbonyl (C=S) groups is 1. The molecule has 0 aliphatic heterocycles. The second-order valence-corrected chi connectivity index (χ2v) is 10.1. The van der Waals surface area contributed by atoms with E-state index in [2.05, 4.69) is 16.0 Å². The van der Waals surface area contributed by atoms with Gasteiger partial charge in [0.25, 0.3) is 0 Å². The molecule has 0 saturated heterocycles. The van der Waals surface area contributed by atoms with Crippen LogP contribution in [0.1, 0.15) is 42.6 Å². The third-order valence-electron chi connectivity index (χ3n) is 5.20. The normalized spacial score (nSPS) is 11.3. The number of hydrogen-bond donors (Lipinski definition) is 3. The van der Waals surface area contributed by atoms with Crippen LogP contribution < -0.4 is 16.0 Å². The van der Waals surface area contributed by atoms with Crippen LogP contribution in [0.2, 0.25) is 0 Å². The highest BCUT2D eigenvalue weighted by atomic mass is 32.2. The average molecular weight is 522 g/mol. The van der Waals surface area contributed by atoms with Crippen LogP contribution in [0, 0.1) is 6.92 Å². The molecule has 3 N–H and O–H groups in total. The van der Waals surface area contributed by atoms with Gasteiger partial charge in [-0.2, -0.15) is 0 Å². The lowest BCUT2D eigenvalue weighted by Crippen LogP contribution is -2.22. The molecule has 0 heterocycles.